The van der Waals surface area contributed by atoms with Crippen molar-refractivity contribution >= 4 is 26.9 Å². The number of hydrogen-bond acceptors (Lipinski definition) is 7. The first-order valence-electron chi connectivity index (χ1n) is 12.0. The molecule has 2 aliphatic heterocycles. The second-order valence-corrected chi connectivity index (χ2v) is 11.7. The molecule has 0 aliphatic carbocycles. The topological polar surface area (TPSA) is 119 Å². The molecule has 0 amide bonds. The molecule has 0 bridgehead atoms. The van der Waals surface area contributed by atoms with Crippen LogP contribution in [0.5, 0.6) is 0 Å². The number of carbonyl (C=O) groups is 1. The van der Waals surface area contributed by atoms with Gasteiger partial charge in [0.25, 0.3) is 5.56 Å². The lowest BCUT2D eigenvalue weighted by atomic mass is 9.86. The maximum absolute atomic E-state index is 13.5. The molecule has 4 heterocycles. The van der Waals surface area contributed by atoms with Gasteiger partial charge in [-0.15, -0.1) is 0 Å². The molecule has 0 saturated carbocycles. The number of sulfonamides is 1. The van der Waals surface area contributed by atoms with Crippen molar-refractivity contribution in [3.8, 4) is 11.4 Å². The number of pyridine rings is 2. The van der Waals surface area contributed by atoms with Crippen molar-refractivity contribution in [1.82, 2.24) is 13.9 Å². The summed E-state index contributed by atoms with van der Waals surface area (Å²) in [5.41, 5.74) is 1.97. The molecule has 1 N–H and O–H groups in total. The number of cyclic esters (lactones) is 1. The highest BCUT2D eigenvalue weighted by atomic mass is 32.2. The quantitative estimate of drug-likeness (QED) is 0.395. The van der Waals surface area contributed by atoms with Gasteiger partial charge in [-0.3, -0.25) is 4.79 Å². The van der Waals surface area contributed by atoms with Crippen LogP contribution in [0.3, 0.4) is 0 Å². The van der Waals surface area contributed by atoms with Gasteiger partial charge in [-0.2, -0.15) is 4.31 Å². The zero-order valence-electron chi connectivity index (χ0n) is 20.7. The summed E-state index contributed by atoms with van der Waals surface area (Å²) in [4.78, 5) is 30.8. The lowest BCUT2D eigenvalue weighted by Gasteiger charge is -2.31. The normalized spacial score (nSPS) is 18.9. The highest BCUT2D eigenvalue weighted by Gasteiger charge is 2.45. The van der Waals surface area contributed by atoms with Crippen LogP contribution in [0.4, 0.5) is 0 Å². The van der Waals surface area contributed by atoms with Gasteiger partial charge in [-0.1, -0.05) is 25.1 Å². The maximum atomic E-state index is 13.5. The molecule has 36 heavy (non-hydrogen) atoms. The van der Waals surface area contributed by atoms with Crippen LogP contribution in [-0.4, -0.2) is 52.2 Å². The lowest BCUT2D eigenvalue weighted by Crippen LogP contribution is -2.44. The van der Waals surface area contributed by atoms with E-state index >= 15 is 0 Å². The van der Waals surface area contributed by atoms with Crippen molar-refractivity contribution in [2.45, 2.75) is 58.4 Å². The summed E-state index contributed by atoms with van der Waals surface area (Å²) in [6.07, 6.45) is 1.72. The van der Waals surface area contributed by atoms with Crippen LogP contribution in [0, 0.1) is 0 Å². The van der Waals surface area contributed by atoms with Gasteiger partial charge in [0.2, 0.25) is 10.0 Å². The van der Waals surface area contributed by atoms with E-state index in [4.69, 9.17) is 9.72 Å². The molecule has 9 nitrogen and oxygen atoms in total. The van der Waals surface area contributed by atoms with Gasteiger partial charge >= 0.3 is 5.97 Å². The Kier molecular flexibility index (Phi) is 5.81. The Balaban J connectivity index is 1.70. The summed E-state index contributed by atoms with van der Waals surface area (Å²) in [6.45, 7) is 5.72. The van der Waals surface area contributed by atoms with Gasteiger partial charge in [0.1, 0.15) is 6.61 Å². The lowest BCUT2D eigenvalue weighted by molar-refractivity contribution is -0.172. The van der Waals surface area contributed by atoms with E-state index < -0.39 is 21.6 Å². The Bertz CT molecular complexity index is 1580. The summed E-state index contributed by atoms with van der Waals surface area (Å²) >= 11 is 0. The van der Waals surface area contributed by atoms with Crippen molar-refractivity contribution in [2.75, 3.05) is 12.8 Å². The van der Waals surface area contributed by atoms with Gasteiger partial charge in [0.15, 0.2) is 5.60 Å². The summed E-state index contributed by atoms with van der Waals surface area (Å²) in [6, 6.07) is 9.12. The number of ether oxygens (including phenoxy) is 1. The van der Waals surface area contributed by atoms with Crippen LogP contribution in [-0.2, 0) is 44.7 Å². The number of rotatable bonds is 6. The number of aromatic nitrogens is 2. The molecule has 3 aromatic rings. The molecule has 1 aromatic carbocycles. The minimum atomic E-state index is -3.41. The maximum Gasteiger partial charge on any atom is 0.343 e. The molecule has 1 atom stereocenters. The molecule has 0 spiro atoms. The number of hydrogen-bond donors (Lipinski definition) is 1. The molecule has 190 valence electrons. The smallest absolute Gasteiger partial charge is 0.343 e. The van der Waals surface area contributed by atoms with E-state index in [0.29, 0.717) is 17.8 Å². The third-order valence-corrected chi connectivity index (χ3v) is 8.75. The molecular formula is C26H29N3O6S. The zero-order chi connectivity index (χ0) is 26.0. The van der Waals surface area contributed by atoms with E-state index in [-0.39, 0.29) is 48.8 Å². The predicted octanol–water partition coefficient (Wildman–Crippen LogP) is 2.29. The van der Waals surface area contributed by atoms with E-state index in [1.807, 2.05) is 38.1 Å². The Morgan fingerprint density at radius 3 is 2.61 bits per heavy atom. The minimum Gasteiger partial charge on any atom is -0.458 e. The molecule has 0 radical (unpaired) electrons. The van der Waals surface area contributed by atoms with E-state index in [1.165, 1.54) is 10.6 Å². The van der Waals surface area contributed by atoms with E-state index in [2.05, 4.69) is 0 Å². The largest absolute Gasteiger partial charge is 0.458 e. The van der Waals surface area contributed by atoms with Crippen molar-refractivity contribution in [3.05, 3.63) is 62.9 Å². The fourth-order valence-corrected chi connectivity index (χ4v) is 6.62. The zero-order valence-corrected chi connectivity index (χ0v) is 21.6. The van der Waals surface area contributed by atoms with Gasteiger partial charge in [-0.05, 0) is 44.4 Å². The van der Waals surface area contributed by atoms with Gasteiger partial charge in [-0.25, -0.2) is 18.2 Å². The number of nitrogens with zero attached hydrogens (tertiary/aromatic N) is 3. The van der Waals surface area contributed by atoms with Crippen LogP contribution in [0.1, 0.15) is 49.4 Å². The Morgan fingerprint density at radius 2 is 1.94 bits per heavy atom. The number of benzene rings is 1. The Morgan fingerprint density at radius 1 is 1.22 bits per heavy atom. The van der Waals surface area contributed by atoms with Crippen LogP contribution in [0.2, 0.25) is 0 Å². The number of esters is 1. The highest BCUT2D eigenvalue weighted by molar-refractivity contribution is 7.88. The molecule has 1 unspecified atom stereocenters. The SMILES string of the molecule is CCC1(O)C(=O)OCc2c1cc1n(c2=O)Cc2c-1nc1ccccc1c2CCN(C(C)C)S(C)(=O)=O. The Labute approximate surface area is 209 Å². The van der Waals surface area contributed by atoms with Gasteiger partial charge < -0.3 is 14.4 Å². The average Bonchev–Trinajstić information content (AvgIpc) is 3.19. The summed E-state index contributed by atoms with van der Waals surface area (Å²) in [5, 5.41) is 12.0. The van der Waals surface area contributed by atoms with Crippen LogP contribution in [0.25, 0.3) is 22.3 Å². The second-order valence-electron chi connectivity index (χ2n) is 9.76. The number of carbonyl (C=O) groups excluding carboxylic acids is 1. The number of para-hydroxylation sites is 1. The molecule has 5 rings (SSSR count). The first kappa shape index (κ1) is 24.6. The third-order valence-electron chi connectivity index (χ3n) is 7.30. The summed E-state index contributed by atoms with van der Waals surface area (Å²) in [7, 11) is -3.41. The Hall–Kier alpha value is -3.08. The van der Waals surface area contributed by atoms with Crippen molar-refractivity contribution < 1.29 is 23.1 Å². The van der Waals surface area contributed by atoms with E-state index in [1.54, 1.807) is 17.6 Å². The predicted molar refractivity (Wildman–Crippen MR) is 135 cm³/mol. The summed E-state index contributed by atoms with van der Waals surface area (Å²) in [5.74, 6) is -0.762. The molecule has 10 heteroatoms. The average molecular weight is 512 g/mol. The van der Waals surface area contributed by atoms with Crippen molar-refractivity contribution in [2.24, 2.45) is 0 Å². The molecule has 0 fully saturated rings. The van der Waals surface area contributed by atoms with Crippen molar-refractivity contribution in [1.29, 1.82) is 0 Å². The monoisotopic (exact) mass is 511 g/mol. The van der Waals surface area contributed by atoms with Gasteiger partial charge in [0, 0.05) is 29.1 Å². The molecule has 2 aromatic heterocycles. The number of aliphatic hydroxyl groups is 1. The molecular weight excluding hydrogens is 482 g/mol. The fraction of sp³-hybridized carbons (Fsp3) is 0.423. The minimum absolute atomic E-state index is 0.0709. The summed E-state index contributed by atoms with van der Waals surface area (Å²) < 4.78 is 33.0. The van der Waals surface area contributed by atoms with Gasteiger partial charge in [0.05, 0.1) is 35.3 Å². The van der Waals surface area contributed by atoms with Crippen LogP contribution >= 0.6 is 0 Å². The standard InChI is InChI=1S/C26H29N3O6S/c1-5-26(32)20-12-22-23-18(13-28(22)24(30)19(20)14-35-25(26)31)16(17-8-6-7-9-21(17)27-23)10-11-29(15(2)3)36(4,33)34/h6-9,12,15,32H,5,10-11,13-14H2,1-4H3. The third kappa shape index (κ3) is 3.66. The van der Waals surface area contributed by atoms with Crippen LogP contribution < -0.4 is 5.56 Å². The first-order valence-corrected chi connectivity index (χ1v) is 13.9. The first-order chi connectivity index (χ1) is 17.0. The van der Waals surface area contributed by atoms with Crippen molar-refractivity contribution in [3.63, 3.8) is 0 Å². The second kappa shape index (κ2) is 8.50. The molecule has 2 aliphatic rings. The highest BCUT2D eigenvalue weighted by Crippen LogP contribution is 2.40. The fourth-order valence-electron chi connectivity index (χ4n) is 5.43. The van der Waals surface area contributed by atoms with Crippen LogP contribution in [0.15, 0.2) is 35.1 Å². The van der Waals surface area contributed by atoms with E-state index in [0.717, 1.165) is 22.0 Å². The van der Waals surface area contributed by atoms with E-state index in [9.17, 15) is 23.1 Å². The molecule has 0 saturated heterocycles. The number of fused-ring (bicyclic) bond motifs is 5.